The zero-order valence-electron chi connectivity index (χ0n) is 24.8. The monoisotopic (exact) mass is 640 g/mol. The molecule has 2 aliphatic rings. The predicted molar refractivity (Wildman–Crippen MR) is 149 cm³/mol. The molecule has 10 atom stereocenters. The van der Waals surface area contributed by atoms with Gasteiger partial charge in [-0.15, -0.1) is 5.10 Å². The number of nitrogens with zero attached hydrogens (tertiary/aromatic N) is 3. The molecule has 0 bridgehead atoms. The van der Waals surface area contributed by atoms with Crippen LogP contribution in [0.5, 0.6) is 5.75 Å². The van der Waals surface area contributed by atoms with Crippen LogP contribution in [0, 0.1) is 0 Å². The van der Waals surface area contributed by atoms with Gasteiger partial charge in [-0.25, -0.2) is 4.68 Å². The number of nitrogens with one attached hydrogen (secondary N) is 1. The highest BCUT2D eigenvalue weighted by molar-refractivity contribution is 5.96. The van der Waals surface area contributed by atoms with Gasteiger partial charge in [-0.05, 0) is 18.6 Å². The maximum absolute atomic E-state index is 12.5. The molecule has 2 aliphatic heterocycles. The number of carbonyl (C=O) groups is 2. The third kappa shape index (κ3) is 8.59. The van der Waals surface area contributed by atoms with Crippen LogP contribution in [-0.4, -0.2) is 138 Å². The van der Waals surface area contributed by atoms with Crippen LogP contribution in [0.4, 0.5) is 0 Å². The van der Waals surface area contributed by atoms with Crippen molar-refractivity contribution < 1.29 is 63.9 Å². The lowest BCUT2D eigenvalue weighted by Gasteiger charge is -2.47. The predicted octanol–water partition coefficient (Wildman–Crippen LogP) is -2.41. The van der Waals surface area contributed by atoms with E-state index in [1.807, 2.05) is 6.92 Å². The number of phenolic OH excluding ortho intramolecular Hbond substituents is 1. The van der Waals surface area contributed by atoms with Crippen LogP contribution >= 0.6 is 0 Å². The number of amides is 1. The Morgan fingerprint density at radius 1 is 1.00 bits per heavy atom. The summed E-state index contributed by atoms with van der Waals surface area (Å²) in [5, 5.41) is 72.9. The molecule has 0 unspecified atom stereocenters. The molecule has 2 aromatic rings. The topological polar surface area (TPSA) is 244 Å². The van der Waals surface area contributed by atoms with Gasteiger partial charge in [-0.3, -0.25) is 9.59 Å². The smallest absolute Gasteiger partial charge is 0.217 e. The van der Waals surface area contributed by atoms with E-state index >= 15 is 0 Å². The largest absolute Gasteiger partial charge is 0.508 e. The van der Waals surface area contributed by atoms with E-state index in [9.17, 15) is 40.2 Å². The first-order valence-corrected chi connectivity index (χ1v) is 14.5. The average Bonchev–Trinajstić information content (AvgIpc) is 3.46. The molecule has 0 saturated carbocycles. The molecule has 4 rings (SSSR count). The number of hydrogen-bond acceptors (Lipinski definition) is 15. The lowest BCUT2D eigenvalue weighted by Crippen LogP contribution is -2.67. The number of hydrogen-bond donors (Lipinski definition) is 7. The zero-order chi connectivity index (χ0) is 32.7. The molecule has 17 nitrogen and oxygen atoms in total. The molecule has 7 N–H and O–H groups in total. The second kappa shape index (κ2) is 15.9. The van der Waals surface area contributed by atoms with Gasteiger partial charge >= 0.3 is 0 Å². The minimum Gasteiger partial charge on any atom is -0.508 e. The van der Waals surface area contributed by atoms with Crippen molar-refractivity contribution in [1.29, 1.82) is 0 Å². The minimum absolute atomic E-state index is 0.0549. The van der Waals surface area contributed by atoms with E-state index in [-0.39, 0.29) is 42.5 Å². The summed E-state index contributed by atoms with van der Waals surface area (Å²) in [4.78, 5) is 24.4. The Bertz CT molecular complexity index is 1260. The van der Waals surface area contributed by atoms with E-state index in [1.54, 1.807) is 6.07 Å². The minimum atomic E-state index is -1.68. The molecule has 45 heavy (non-hydrogen) atoms. The molecule has 250 valence electrons. The summed E-state index contributed by atoms with van der Waals surface area (Å²) in [5.74, 6) is -0.871. The first kappa shape index (κ1) is 34.8. The summed E-state index contributed by atoms with van der Waals surface area (Å²) in [7, 11) is 0. The summed E-state index contributed by atoms with van der Waals surface area (Å²) in [6, 6.07) is 4.75. The SMILES string of the molecule is CCCO[C@@H]1O[C@H](CO)[C@@H](O[C@@H]2O[C@H](CO)[C@H](O)[C@H](OCc3cn(CC(=O)c4cccc(O)c4)nn3)[C@H]2O)[C@H](O)[C@H]1NC(C)=O. The number of aromatic hydroxyl groups is 1. The maximum Gasteiger partial charge on any atom is 0.217 e. The highest BCUT2D eigenvalue weighted by atomic mass is 16.7. The molecular weight excluding hydrogens is 600 g/mol. The molecule has 3 heterocycles. The van der Waals surface area contributed by atoms with Crippen LogP contribution in [0.3, 0.4) is 0 Å². The summed E-state index contributed by atoms with van der Waals surface area (Å²) < 4.78 is 29.9. The number of phenols is 1. The van der Waals surface area contributed by atoms with Crippen molar-refractivity contribution in [2.45, 2.75) is 94.8 Å². The summed E-state index contributed by atoms with van der Waals surface area (Å²) in [6.07, 6.45) is -10.5. The number of aromatic nitrogens is 3. The Morgan fingerprint density at radius 2 is 1.73 bits per heavy atom. The van der Waals surface area contributed by atoms with Gasteiger partial charge in [0.2, 0.25) is 5.91 Å². The fraction of sp³-hybridized carbons (Fsp3) is 0.643. The molecular formula is C28H40N4O13. The van der Waals surface area contributed by atoms with Crippen LogP contribution in [0.1, 0.15) is 36.3 Å². The first-order chi connectivity index (χ1) is 21.6. The van der Waals surface area contributed by atoms with E-state index in [2.05, 4.69) is 15.6 Å². The number of ether oxygens (including phenoxy) is 5. The molecule has 2 fully saturated rings. The van der Waals surface area contributed by atoms with Crippen molar-refractivity contribution in [1.82, 2.24) is 20.3 Å². The highest BCUT2D eigenvalue weighted by Crippen LogP contribution is 2.31. The number of carbonyl (C=O) groups excluding carboxylic acids is 2. The zero-order valence-corrected chi connectivity index (χ0v) is 24.8. The third-order valence-electron chi connectivity index (χ3n) is 7.31. The van der Waals surface area contributed by atoms with Crippen molar-refractivity contribution in [3.8, 4) is 5.75 Å². The molecule has 1 aromatic heterocycles. The first-order valence-electron chi connectivity index (χ1n) is 14.5. The molecule has 0 aliphatic carbocycles. The van der Waals surface area contributed by atoms with E-state index in [0.29, 0.717) is 6.42 Å². The molecule has 0 spiro atoms. The van der Waals surface area contributed by atoms with Crippen molar-refractivity contribution in [2.75, 3.05) is 19.8 Å². The van der Waals surface area contributed by atoms with E-state index in [0.717, 1.165) is 0 Å². The Morgan fingerprint density at radius 3 is 2.40 bits per heavy atom. The Hall–Kier alpha value is -3.10. The van der Waals surface area contributed by atoms with E-state index < -0.39 is 80.5 Å². The van der Waals surface area contributed by atoms with Gasteiger partial charge in [0.25, 0.3) is 0 Å². The molecule has 1 aromatic carbocycles. The Labute approximate surface area is 258 Å². The Balaban J connectivity index is 1.43. The van der Waals surface area contributed by atoms with Crippen molar-refractivity contribution in [2.24, 2.45) is 0 Å². The van der Waals surface area contributed by atoms with Crippen LogP contribution in [0.25, 0.3) is 0 Å². The third-order valence-corrected chi connectivity index (χ3v) is 7.31. The number of aliphatic hydroxyl groups excluding tert-OH is 5. The second-order valence-electron chi connectivity index (χ2n) is 10.8. The fourth-order valence-corrected chi connectivity index (χ4v) is 5.10. The normalized spacial score (nSPS) is 31.9. The van der Waals surface area contributed by atoms with Gasteiger partial charge in [-0.2, -0.15) is 0 Å². The average molecular weight is 641 g/mol. The van der Waals surface area contributed by atoms with Crippen LogP contribution < -0.4 is 5.32 Å². The summed E-state index contributed by atoms with van der Waals surface area (Å²) >= 11 is 0. The van der Waals surface area contributed by atoms with Gasteiger partial charge in [0.15, 0.2) is 18.4 Å². The summed E-state index contributed by atoms with van der Waals surface area (Å²) in [6.45, 7) is 1.58. The van der Waals surface area contributed by atoms with Gasteiger partial charge in [0.1, 0.15) is 66.8 Å². The molecule has 17 heteroatoms. The van der Waals surface area contributed by atoms with Gasteiger partial charge in [0.05, 0.1) is 26.0 Å². The van der Waals surface area contributed by atoms with E-state index in [1.165, 1.54) is 36.0 Å². The van der Waals surface area contributed by atoms with Crippen LogP contribution in [0.15, 0.2) is 30.5 Å². The van der Waals surface area contributed by atoms with Crippen LogP contribution in [0.2, 0.25) is 0 Å². The number of benzene rings is 1. The fourth-order valence-electron chi connectivity index (χ4n) is 5.10. The standard InChI is InChI=1S/C28H40N4O13/c1-3-7-41-27-21(29-14(2)35)23(39)25(20(12-34)44-27)45-28-24(40)26(22(38)19(11-33)43-28)42-13-16-9-32(31-30-16)10-18(37)15-5-4-6-17(36)8-15/h4-6,8-9,19-28,33-34,36,38-40H,3,7,10-13H2,1-2H3,(H,29,35)/t19-,20-,21-,22+,23-,24-,25-,26+,27-,28+/m1/s1. The number of rotatable bonds is 14. The number of ketones is 1. The van der Waals surface area contributed by atoms with Crippen LogP contribution in [-0.2, 0) is 41.6 Å². The van der Waals surface area contributed by atoms with Gasteiger partial charge < -0.3 is 59.6 Å². The molecule has 0 radical (unpaired) electrons. The Kier molecular flexibility index (Phi) is 12.3. The van der Waals surface area contributed by atoms with Gasteiger partial charge in [0, 0.05) is 19.1 Å². The van der Waals surface area contributed by atoms with Crippen molar-refractivity contribution >= 4 is 11.7 Å². The van der Waals surface area contributed by atoms with Crippen molar-refractivity contribution in [3.05, 3.63) is 41.7 Å². The summed E-state index contributed by atoms with van der Waals surface area (Å²) in [5.41, 5.74) is 0.525. The molecule has 1 amide bonds. The van der Waals surface area contributed by atoms with Crippen molar-refractivity contribution in [3.63, 3.8) is 0 Å². The number of aliphatic hydroxyl groups is 5. The molecule has 2 saturated heterocycles. The second-order valence-corrected chi connectivity index (χ2v) is 10.8. The lowest BCUT2D eigenvalue weighted by molar-refractivity contribution is -0.352. The highest BCUT2D eigenvalue weighted by Gasteiger charge is 2.52. The lowest BCUT2D eigenvalue weighted by atomic mass is 9.95. The number of Topliss-reactive ketones (excluding diaryl/α,β-unsaturated/α-hetero) is 1. The van der Waals surface area contributed by atoms with Gasteiger partial charge in [-0.1, -0.05) is 24.3 Å². The quantitative estimate of drug-likeness (QED) is 0.106. The van der Waals surface area contributed by atoms with E-state index in [4.69, 9.17) is 23.7 Å². The maximum atomic E-state index is 12.5.